The molecule has 23 heavy (non-hydrogen) atoms. The lowest BCUT2D eigenvalue weighted by Gasteiger charge is -2.14. The first-order chi connectivity index (χ1) is 10.9. The molecule has 0 amide bonds. The Labute approximate surface area is 140 Å². The minimum absolute atomic E-state index is 0.0410. The molecule has 0 aliphatic carbocycles. The minimum atomic E-state index is -3.70. The summed E-state index contributed by atoms with van der Waals surface area (Å²) in [6.45, 7) is -0.182. The number of methoxy groups -OCH3 is 1. The van der Waals surface area contributed by atoms with E-state index in [1.165, 1.54) is 13.2 Å². The van der Waals surface area contributed by atoms with Gasteiger partial charge in [0, 0.05) is 0 Å². The fourth-order valence-corrected chi connectivity index (χ4v) is 3.73. The third-order valence-electron chi connectivity index (χ3n) is 3.08. The Bertz CT molecular complexity index is 761. The molecular weight excluding hydrogens is 340 g/mol. The number of benzene rings is 2. The van der Waals surface area contributed by atoms with Crippen molar-refractivity contribution in [2.45, 2.75) is 11.0 Å². The van der Waals surface area contributed by atoms with Crippen LogP contribution in [0.25, 0.3) is 0 Å². The van der Waals surface area contributed by atoms with Crippen LogP contribution >= 0.6 is 11.6 Å². The quantitative estimate of drug-likeness (QED) is 0.825. The molecular formula is C16H17ClO5S. The van der Waals surface area contributed by atoms with Crippen molar-refractivity contribution in [3.05, 3.63) is 53.6 Å². The SMILES string of the molecule is COc1ccccc1S(=O)(=O)C[C@@H](O)COc1ccccc1Cl. The van der Waals surface area contributed by atoms with Crippen molar-refractivity contribution in [3.63, 3.8) is 0 Å². The van der Waals surface area contributed by atoms with Gasteiger partial charge in [0.05, 0.1) is 17.9 Å². The Kier molecular flexibility index (Phi) is 5.87. The molecule has 124 valence electrons. The van der Waals surface area contributed by atoms with Crippen LogP contribution in [0.1, 0.15) is 0 Å². The molecule has 2 aromatic rings. The van der Waals surface area contributed by atoms with Crippen LogP contribution in [0.2, 0.25) is 5.02 Å². The van der Waals surface area contributed by atoms with Crippen molar-refractivity contribution in [2.75, 3.05) is 19.5 Å². The lowest BCUT2D eigenvalue weighted by atomic mass is 10.3. The van der Waals surface area contributed by atoms with Gasteiger partial charge >= 0.3 is 0 Å². The van der Waals surface area contributed by atoms with E-state index < -0.39 is 21.7 Å². The maximum absolute atomic E-state index is 12.4. The van der Waals surface area contributed by atoms with Crippen molar-refractivity contribution < 1.29 is 23.0 Å². The second-order valence-electron chi connectivity index (χ2n) is 4.83. The minimum Gasteiger partial charge on any atom is -0.495 e. The Hall–Kier alpha value is -1.76. The van der Waals surface area contributed by atoms with E-state index in [0.29, 0.717) is 10.8 Å². The monoisotopic (exact) mass is 356 g/mol. The molecule has 0 heterocycles. The van der Waals surface area contributed by atoms with E-state index in [4.69, 9.17) is 21.1 Å². The van der Waals surface area contributed by atoms with Crippen molar-refractivity contribution in [2.24, 2.45) is 0 Å². The van der Waals surface area contributed by atoms with Crippen LogP contribution in [0.15, 0.2) is 53.4 Å². The van der Waals surface area contributed by atoms with Gasteiger partial charge in [0.25, 0.3) is 0 Å². The molecule has 0 unspecified atom stereocenters. The van der Waals surface area contributed by atoms with Crippen LogP contribution in [0.3, 0.4) is 0 Å². The third kappa shape index (κ3) is 4.60. The number of para-hydroxylation sites is 2. The highest BCUT2D eigenvalue weighted by Gasteiger charge is 2.23. The third-order valence-corrected chi connectivity index (χ3v) is 5.23. The number of aliphatic hydroxyl groups is 1. The molecule has 0 saturated carbocycles. The van der Waals surface area contributed by atoms with E-state index >= 15 is 0 Å². The van der Waals surface area contributed by atoms with Gasteiger partial charge in [0.1, 0.15) is 29.1 Å². The lowest BCUT2D eigenvalue weighted by molar-refractivity contribution is 0.125. The van der Waals surface area contributed by atoms with Crippen molar-refractivity contribution in [1.82, 2.24) is 0 Å². The number of hydrogen-bond acceptors (Lipinski definition) is 5. The van der Waals surface area contributed by atoms with Crippen molar-refractivity contribution in [3.8, 4) is 11.5 Å². The fourth-order valence-electron chi connectivity index (χ4n) is 2.01. The number of ether oxygens (including phenoxy) is 2. The molecule has 2 rings (SSSR count). The normalized spacial score (nSPS) is 12.7. The molecule has 0 spiro atoms. The zero-order chi connectivity index (χ0) is 16.9. The summed E-state index contributed by atoms with van der Waals surface area (Å²) in [5.41, 5.74) is 0. The van der Waals surface area contributed by atoms with Gasteiger partial charge in [0.2, 0.25) is 0 Å². The molecule has 0 radical (unpaired) electrons. The Morgan fingerprint density at radius 1 is 1.09 bits per heavy atom. The Balaban J connectivity index is 2.04. The average Bonchev–Trinajstić information content (AvgIpc) is 2.53. The first-order valence-electron chi connectivity index (χ1n) is 6.85. The molecule has 0 aromatic heterocycles. The zero-order valence-corrected chi connectivity index (χ0v) is 14.0. The van der Waals surface area contributed by atoms with Gasteiger partial charge in [-0.15, -0.1) is 0 Å². The second-order valence-corrected chi connectivity index (χ2v) is 7.24. The number of sulfone groups is 1. The smallest absolute Gasteiger partial charge is 0.184 e. The van der Waals surface area contributed by atoms with Gasteiger partial charge in [-0.3, -0.25) is 0 Å². The number of aliphatic hydroxyl groups excluding tert-OH is 1. The Morgan fingerprint density at radius 3 is 2.35 bits per heavy atom. The zero-order valence-electron chi connectivity index (χ0n) is 12.5. The van der Waals surface area contributed by atoms with Crippen molar-refractivity contribution in [1.29, 1.82) is 0 Å². The molecule has 0 fully saturated rings. The molecule has 1 atom stereocenters. The van der Waals surface area contributed by atoms with Crippen LogP contribution in [-0.4, -0.2) is 39.1 Å². The van der Waals surface area contributed by atoms with Gasteiger partial charge in [-0.1, -0.05) is 35.9 Å². The summed E-state index contributed by atoms with van der Waals surface area (Å²) in [6.07, 6.45) is -1.19. The topological polar surface area (TPSA) is 72.8 Å². The van der Waals surface area contributed by atoms with Gasteiger partial charge < -0.3 is 14.6 Å². The van der Waals surface area contributed by atoms with Gasteiger partial charge in [-0.2, -0.15) is 0 Å². The Morgan fingerprint density at radius 2 is 1.70 bits per heavy atom. The number of rotatable bonds is 7. The first kappa shape index (κ1) is 17.6. The highest BCUT2D eigenvalue weighted by atomic mass is 35.5. The summed E-state index contributed by atoms with van der Waals surface area (Å²) in [5.74, 6) is 0.160. The molecule has 0 bridgehead atoms. The predicted octanol–water partition coefficient (Wildman–Crippen LogP) is 2.56. The van der Waals surface area contributed by atoms with E-state index in [1.807, 2.05) is 0 Å². The van der Waals surface area contributed by atoms with E-state index in [1.54, 1.807) is 42.5 Å². The van der Waals surface area contributed by atoms with Gasteiger partial charge in [-0.25, -0.2) is 8.42 Å². The van der Waals surface area contributed by atoms with Crippen molar-refractivity contribution >= 4 is 21.4 Å². The van der Waals surface area contributed by atoms with Gasteiger partial charge in [-0.05, 0) is 24.3 Å². The average molecular weight is 357 g/mol. The van der Waals surface area contributed by atoms with E-state index in [-0.39, 0.29) is 17.3 Å². The molecule has 5 nitrogen and oxygen atoms in total. The maximum Gasteiger partial charge on any atom is 0.184 e. The van der Waals surface area contributed by atoms with E-state index in [9.17, 15) is 13.5 Å². The summed E-state index contributed by atoms with van der Waals surface area (Å²) in [4.78, 5) is 0.0410. The van der Waals surface area contributed by atoms with Crippen LogP contribution < -0.4 is 9.47 Å². The fraction of sp³-hybridized carbons (Fsp3) is 0.250. The van der Waals surface area contributed by atoms with Crippen LogP contribution in [-0.2, 0) is 9.84 Å². The molecule has 0 saturated heterocycles. The van der Waals surface area contributed by atoms with Crippen LogP contribution in [0.4, 0.5) is 0 Å². The lowest BCUT2D eigenvalue weighted by Crippen LogP contribution is -2.27. The summed E-state index contributed by atoms with van der Waals surface area (Å²) in [6, 6.07) is 13.0. The summed E-state index contributed by atoms with van der Waals surface area (Å²) >= 11 is 5.93. The highest BCUT2D eigenvalue weighted by Crippen LogP contribution is 2.25. The predicted molar refractivity (Wildman–Crippen MR) is 88.0 cm³/mol. The second kappa shape index (κ2) is 7.68. The summed E-state index contributed by atoms with van der Waals surface area (Å²) in [7, 11) is -2.31. The maximum atomic E-state index is 12.4. The number of hydrogen-bond donors (Lipinski definition) is 1. The molecule has 0 aliphatic heterocycles. The van der Waals surface area contributed by atoms with E-state index in [2.05, 4.69) is 0 Å². The summed E-state index contributed by atoms with van der Waals surface area (Å²) < 4.78 is 35.2. The van der Waals surface area contributed by atoms with Crippen LogP contribution in [0.5, 0.6) is 11.5 Å². The molecule has 7 heteroatoms. The molecule has 0 aliphatic rings. The van der Waals surface area contributed by atoms with Crippen LogP contribution in [0, 0.1) is 0 Å². The summed E-state index contributed by atoms with van der Waals surface area (Å²) in [5, 5.41) is 10.4. The number of halogens is 1. The van der Waals surface area contributed by atoms with E-state index in [0.717, 1.165) is 0 Å². The standard InChI is InChI=1S/C16H17ClO5S/c1-21-15-8-4-5-9-16(15)23(19,20)11-12(18)10-22-14-7-3-2-6-13(14)17/h2-9,12,18H,10-11H2,1H3/t12-/m0/s1. The molecule has 1 N–H and O–H groups in total. The highest BCUT2D eigenvalue weighted by molar-refractivity contribution is 7.91. The first-order valence-corrected chi connectivity index (χ1v) is 8.88. The largest absolute Gasteiger partial charge is 0.495 e. The molecule has 2 aromatic carbocycles. The van der Waals surface area contributed by atoms with Gasteiger partial charge in [0.15, 0.2) is 9.84 Å².